The smallest absolute Gasteiger partial charge is 0.191 e. The first-order valence-electron chi connectivity index (χ1n) is 7.98. The molecule has 2 N–H and O–H groups in total. The second-order valence-corrected chi connectivity index (χ2v) is 6.16. The molecular weight excluding hydrogens is 513 g/mol. The van der Waals surface area contributed by atoms with Gasteiger partial charge in [-0.25, -0.2) is 4.99 Å². The van der Waals surface area contributed by atoms with Crippen LogP contribution in [0.15, 0.2) is 33.9 Å². The van der Waals surface area contributed by atoms with Crippen molar-refractivity contribution in [3.05, 3.63) is 40.1 Å². The number of aliphatic imine (C=N–C) groups is 1. The highest BCUT2D eigenvalue weighted by Gasteiger charge is 2.10. The Bertz CT molecular complexity index is 736. The number of methoxy groups -OCH3 is 2. The summed E-state index contributed by atoms with van der Waals surface area (Å²) in [5.74, 6) is 2.10. The van der Waals surface area contributed by atoms with E-state index in [1.54, 1.807) is 20.4 Å². The van der Waals surface area contributed by atoms with Crippen molar-refractivity contribution in [2.75, 3.05) is 20.8 Å². The van der Waals surface area contributed by atoms with Crippen LogP contribution in [0.3, 0.4) is 0 Å². The fourth-order valence-corrected chi connectivity index (χ4v) is 2.98. The summed E-state index contributed by atoms with van der Waals surface area (Å²) < 4.78 is 13.4. The van der Waals surface area contributed by atoms with Crippen LogP contribution in [0.4, 0.5) is 0 Å². The van der Waals surface area contributed by atoms with Crippen LogP contribution in [0.25, 0.3) is 0 Å². The number of ether oxygens (including phenoxy) is 2. The maximum atomic E-state index is 5.38. The highest BCUT2D eigenvalue weighted by molar-refractivity contribution is 14.0. The number of aromatic nitrogens is 2. The summed E-state index contributed by atoms with van der Waals surface area (Å²) in [5, 5.41) is 10.7. The molecule has 9 heteroatoms. The fourth-order valence-electron chi connectivity index (χ4n) is 2.32. The van der Waals surface area contributed by atoms with Gasteiger partial charge in [0, 0.05) is 19.8 Å². The molecule has 0 fully saturated rings. The van der Waals surface area contributed by atoms with Crippen LogP contribution in [-0.4, -0.2) is 36.5 Å². The summed E-state index contributed by atoms with van der Waals surface area (Å²) in [7, 11) is 5.16. The highest BCUT2D eigenvalue weighted by atomic mass is 127. The van der Waals surface area contributed by atoms with E-state index < -0.39 is 0 Å². The summed E-state index contributed by atoms with van der Waals surface area (Å²) in [4.78, 5) is 4.63. The number of rotatable bonds is 7. The maximum absolute atomic E-state index is 5.38. The van der Waals surface area contributed by atoms with E-state index in [9.17, 15) is 0 Å². The summed E-state index contributed by atoms with van der Waals surface area (Å²) in [6.45, 7) is 3.98. The van der Waals surface area contributed by atoms with Crippen molar-refractivity contribution in [1.29, 1.82) is 0 Å². The first-order chi connectivity index (χ1) is 12.1. The van der Waals surface area contributed by atoms with Gasteiger partial charge < -0.3 is 20.1 Å². The molecule has 1 heterocycles. The van der Waals surface area contributed by atoms with Gasteiger partial charge in [0.05, 0.1) is 37.5 Å². The lowest BCUT2D eigenvalue weighted by Crippen LogP contribution is -2.37. The van der Waals surface area contributed by atoms with Crippen molar-refractivity contribution in [2.24, 2.45) is 12.0 Å². The summed E-state index contributed by atoms with van der Waals surface area (Å²) in [5.41, 5.74) is 2.10. The lowest BCUT2D eigenvalue weighted by Gasteiger charge is -2.13. The van der Waals surface area contributed by atoms with Crippen molar-refractivity contribution in [2.45, 2.75) is 20.0 Å². The van der Waals surface area contributed by atoms with Gasteiger partial charge in [0.1, 0.15) is 0 Å². The molecule has 1 aromatic carbocycles. The van der Waals surface area contributed by atoms with E-state index in [4.69, 9.17) is 9.47 Å². The summed E-state index contributed by atoms with van der Waals surface area (Å²) in [6, 6.07) is 5.88. The van der Waals surface area contributed by atoms with Crippen molar-refractivity contribution in [3.8, 4) is 11.5 Å². The zero-order chi connectivity index (χ0) is 18.2. The normalized spacial score (nSPS) is 10.9. The van der Waals surface area contributed by atoms with Gasteiger partial charge in [0.2, 0.25) is 0 Å². The summed E-state index contributed by atoms with van der Waals surface area (Å²) in [6.07, 6.45) is 1.78. The Morgan fingerprint density at radius 1 is 1.27 bits per heavy atom. The Kier molecular flexibility index (Phi) is 9.78. The van der Waals surface area contributed by atoms with Crippen LogP contribution < -0.4 is 20.1 Å². The van der Waals surface area contributed by atoms with Crippen molar-refractivity contribution in [3.63, 3.8) is 0 Å². The van der Waals surface area contributed by atoms with Crippen LogP contribution in [0.5, 0.6) is 11.5 Å². The van der Waals surface area contributed by atoms with Gasteiger partial charge in [-0.3, -0.25) is 4.68 Å². The number of halogens is 2. The van der Waals surface area contributed by atoms with E-state index in [2.05, 4.69) is 36.7 Å². The van der Waals surface area contributed by atoms with Crippen LogP contribution in [0.1, 0.15) is 18.2 Å². The molecule has 0 unspecified atom stereocenters. The fraction of sp³-hybridized carbons (Fsp3) is 0.412. The lowest BCUT2D eigenvalue weighted by molar-refractivity contribution is 0.352. The standard InChI is InChI=1S/C17H24BrN5O2.HI/c1-5-19-17(21-11-13-6-7-22-23(13)2)20-10-12-8-14(18)16(25-4)15(9-12)24-3;/h6-9H,5,10-11H2,1-4H3,(H2,19,20,21);1H. The van der Waals surface area contributed by atoms with Crippen LogP contribution in [0, 0.1) is 0 Å². The van der Waals surface area contributed by atoms with Gasteiger partial charge in [-0.2, -0.15) is 5.10 Å². The van der Waals surface area contributed by atoms with E-state index in [0.29, 0.717) is 24.6 Å². The number of nitrogens with zero attached hydrogens (tertiary/aromatic N) is 3. The van der Waals surface area contributed by atoms with Crippen molar-refractivity contribution < 1.29 is 9.47 Å². The molecule has 2 rings (SSSR count). The van der Waals surface area contributed by atoms with Crippen LogP contribution in [0.2, 0.25) is 0 Å². The molecular formula is C17H25BrIN5O2. The quantitative estimate of drug-likeness (QED) is 0.322. The van der Waals surface area contributed by atoms with Crippen molar-refractivity contribution in [1.82, 2.24) is 20.4 Å². The molecule has 0 atom stereocenters. The molecule has 0 bridgehead atoms. The molecule has 144 valence electrons. The number of nitrogens with one attached hydrogen (secondary N) is 2. The molecule has 0 radical (unpaired) electrons. The maximum Gasteiger partial charge on any atom is 0.191 e. The lowest BCUT2D eigenvalue weighted by atomic mass is 10.2. The number of guanidine groups is 1. The first-order valence-corrected chi connectivity index (χ1v) is 8.77. The van der Waals surface area contributed by atoms with Crippen molar-refractivity contribution >= 4 is 45.9 Å². The van der Waals surface area contributed by atoms with E-state index in [0.717, 1.165) is 28.2 Å². The molecule has 0 spiro atoms. The van der Waals surface area contributed by atoms with E-state index in [-0.39, 0.29) is 24.0 Å². The van der Waals surface area contributed by atoms with Gasteiger partial charge in [0.25, 0.3) is 0 Å². The highest BCUT2D eigenvalue weighted by Crippen LogP contribution is 2.36. The van der Waals surface area contributed by atoms with Gasteiger partial charge in [-0.05, 0) is 46.6 Å². The molecule has 0 saturated heterocycles. The minimum Gasteiger partial charge on any atom is -0.493 e. The molecule has 0 saturated carbocycles. The molecule has 0 aliphatic carbocycles. The molecule has 0 amide bonds. The monoisotopic (exact) mass is 537 g/mol. The molecule has 2 aromatic rings. The zero-order valence-electron chi connectivity index (χ0n) is 15.4. The molecule has 7 nitrogen and oxygen atoms in total. The van der Waals surface area contributed by atoms with Crippen LogP contribution in [-0.2, 0) is 20.1 Å². The largest absolute Gasteiger partial charge is 0.493 e. The zero-order valence-corrected chi connectivity index (χ0v) is 19.3. The number of benzene rings is 1. The topological polar surface area (TPSA) is 72.7 Å². The first kappa shape index (κ1) is 22.6. The Morgan fingerprint density at radius 2 is 2.04 bits per heavy atom. The molecule has 0 aliphatic heterocycles. The minimum atomic E-state index is 0. The summed E-state index contributed by atoms with van der Waals surface area (Å²) >= 11 is 3.51. The SMILES string of the molecule is CCNC(=NCc1cc(Br)c(OC)c(OC)c1)NCc1ccnn1C.I. The van der Waals surface area contributed by atoms with Gasteiger partial charge in [-0.1, -0.05) is 0 Å². The second-order valence-electron chi connectivity index (χ2n) is 5.31. The Labute approximate surface area is 179 Å². The van der Waals surface area contributed by atoms with E-state index in [1.165, 1.54) is 0 Å². The molecule has 1 aromatic heterocycles. The average molecular weight is 538 g/mol. The molecule has 0 aliphatic rings. The third kappa shape index (κ3) is 6.04. The number of hydrogen-bond acceptors (Lipinski definition) is 4. The predicted octanol–water partition coefficient (Wildman–Crippen LogP) is 3.07. The van der Waals surface area contributed by atoms with Gasteiger partial charge in [-0.15, -0.1) is 24.0 Å². The number of hydrogen-bond donors (Lipinski definition) is 2. The molecule has 26 heavy (non-hydrogen) atoms. The van der Waals surface area contributed by atoms with Crippen LogP contribution >= 0.6 is 39.9 Å². The van der Waals surface area contributed by atoms with E-state index >= 15 is 0 Å². The van der Waals surface area contributed by atoms with Gasteiger partial charge in [0.15, 0.2) is 17.5 Å². The van der Waals surface area contributed by atoms with E-state index in [1.807, 2.05) is 36.9 Å². The second kappa shape index (κ2) is 11.3. The minimum absolute atomic E-state index is 0. The predicted molar refractivity (Wildman–Crippen MR) is 118 cm³/mol. The Hall–Kier alpha value is -1.49. The van der Waals surface area contributed by atoms with Gasteiger partial charge >= 0.3 is 0 Å². The third-order valence-corrected chi connectivity index (χ3v) is 4.21. The Balaban J connectivity index is 0.00000338. The Morgan fingerprint density at radius 3 is 2.62 bits per heavy atom. The third-order valence-electron chi connectivity index (χ3n) is 3.62. The average Bonchev–Trinajstić information content (AvgIpc) is 3.01. The number of aryl methyl sites for hydroxylation is 1.